The van der Waals surface area contributed by atoms with Crippen molar-refractivity contribution in [3.8, 4) is 28.3 Å². The van der Waals surface area contributed by atoms with E-state index < -0.39 is 5.82 Å². The van der Waals surface area contributed by atoms with Gasteiger partial charge < -0.3 is 4.57 Å². The highest BCUT2D eigenvalue weighted by atomic mass is 19.1. The van der Waals surface area contributed by atoms with Crippen LogP contribution in [0.4, 0.5) is 8.78 Å². The molecule has 0 aliphatic carbocycles. The van der Waals surface area contributed by atoms with Gasteiger partial charge in [-0.15, -0.1) is 0 Å². The molecule has 0 aliphatic heterocycles. The number of halogens is 2. The lowest BCUT2D eigenvalue weighted by molar-refractivity contribution is 0.579. The Kier molecular flexibility index (Phi) is 7.17. The molecular formula is C29H25F2N3O. The summed E-state index contributed by atoms with van der Waals surface area (Å²) in [5.41, 5.74) is 3.44. The highest BCUT2D eigenvalue weighted by Crippen LogP contribution is 2.27. The predicted octanol–water partition coefficient (Wildman–Crippen LogP) is 6.43. The molecular weight excluding hydrogens is 444 g/mol. The average molecular weight is 470 g/mol. The maximum absolute atomic E-state index is 15.3. The predicted molar refractivity (Wildman–Crippen MR) is 133 cm³/mol. The fraction of sp³-hybridized carbons (Fsp3) is 0.207. The maximum atomic E-state index is 15.3. The van der Waals surface area contributed by atoms with Crippen LogP contribution in [0.15, 0.2) is 71.5 Å². The summed E-state index contributed by atoms with van der Waals surface area (Å²) in [7, 11) is 0. The van der Waals surface area contributed by atoms with Gasteiger partial charge in [-0.05, 0) is 54.3 Å². The minimum atomic E-state index is -0.405. The van der Waals surface area contributed by atoms with E-state index in [0.29, 0.717) is 51.3 Å². The molecule has 3 aromatic carbocycles. The summed E-state index contributed by atoms with van der Waals surface area (Å²) in [6.45, 7) is 4.06. The first-order valence-corrected chi connectivity index (χ1v) is 11.6. The number of nitrogens with zero attached hydrogens (tertiary/aromatic N) is 3. The van der Waals surface area contributed by atoms with Crippen LogP contribution in [-0.4, -0.2) is 9.55 Å². The number of unbranched alkanes of at least 4 members (excludes halogenated alkanes) is 1. The third-order valence-electron chi connectivity index (χ3n) is 6.15. The zero-order valence-corrected chi connectivity index (χ0v) is 19.7. The Labute approximate surface area is 203 Å². The highest BCUT2D eigenvalue weighted by molar-refractivity contribution is 5.70. The van der Waals surface area contributed by atoms with Gasteiger partial charge in [0.05, 0.1) is 23.7 Å². The van der Waals surface area contributed by atoms with Gasteiger partial charge in [0.25, 0.3) is 5.56 Å². The van der Waals surface area contributed by atoms with Crippen molar-refractivity contribution < 1.29 is 8.78 Å². The lowest BCUT2D eigenvalue weighted by Crippen LogP contribution is -2.23. The molecule has 0 bridgehead atoms. The van der Waals surface area contributed by atoms with Crippen LogP contribution in [0.2, 0.25) is 0 Å². The number of hydrogen-bond donors (Lipinski definition) is 0. The molecule has 0 fully saturated rings. The number of aryl methyl sites for hydroxylation is 1. The van der Waals surface area contributed by atoms with E-state index in [2.05, 4.69) is 18.0 Å². The van der Waals surface area contributed by atoms with E-state index in [-0.39, 0.29) is 17.9 Å². The SMILES string of the molecule is CCCCc1nc(=O)c(-c2ccc(F)cc2)c(C)n1Cc1ccc(-c2ccccc2C#N)cc1F. The van der Waals surface area contributed by atoms with E-state index in [1.54, 1.807) is 42.5 Å². The van der Waals surface area contributed by atoms with Gasteiger partial charge in [0.15, 0.2) is 0 Å². The van der Waals surface area contributed by atoms with Gasteiger partial charge in [0, 0.05) is 17.7 Å². The van der Waals surface area contributed by atoms with E-state index in [1.807, 2.05) is 17.6 Å². The summed E-state index contributed by atoms with van der Waals surface area (Å²) in [5.74, 6) is -0.198. The summed E-state index contributed by atoms with van der Waals surface area (Å²) in [6, 6.07) is 19.9. The van der Waals surface area contributed by atoms with Crippen LogP contribution >= 0.6 is 0 Å². The monoisotopic (exact) mass is 469 g/mol. The second-order valence-electron chi connectivity index (χ2n) is 8.45. The zero-order chi connectivity index (χ0) is 24.9. The van der Waals surface area contributed by atoms with Crippen LogP contribution in [0.5, 0.6) is 0 Å². The van der Waals surface area contributed by atoms with Gasteiger partial charge in [-0.1, -0.05) is 55.8 Å². The van der Waals surface area contributed by atoms with Gasteiger partial charge in [-0.3, -0.25) is 4.79 Å². The van der Waals surface area contributed by atoms with Crippen molar-refractivity contribution in [3.63, 3.8) is 0 Å². The summed E-state index contributed by atoms with van der Waals surface area (Å²) >= 11 is 0. The highest BCUT2D eigenvalue weighted by Gasteiger charge is 2.17. The fourth-order valence-corrected chi connectivity index (χ4v) is 4.25. The average Bonchev–Trinajstić information content (AvgIpc) is 2.86. The van der Waals surface area contributed by atoms with Crippen molar-refractivity contribution in [2.75, 3.05) is 0 Å². The van der Waals surface area contributed by atoms with E-state index >= 15 is 4.39 Å². The molecule has 1 aromatic heterocycles. The van der Waals surface area contributed by atoms with Gasteiger partial charge in [-0.25, -0.2) is 8.78 Å². The molecule has 0 unspecified atom stereocenters. The van der Waals surface area contributed by atoms with Gasteiger partial charge in [0.1, 0.15) is 17.5 Å². The standard InChI is InChI=1S/C29H25F2N3O/c1-3-4-9-27-33-29(35)28(20-12-14-24(30)15-13-20)19(2)34(27)18-23-11-10-21(16-26(23)31)25-8-6-5-7-22(25)17-32/h5-8,10-16H,3-4,9,18H2,1-2H3. The summed E-state index contributed by atoms with van der Waals surface area (Å²) < 4.78 is 30.6. The fourth-order valence-electron chi connectivity index (χ4n) is 4.25. The normalized spacial score (nSPS) is 10.8. The molecule has 6 heteroatoms. The first-order valence-electron chi connectivity index (χ1n) is 11.6. The van der Waals surface area contributed by atoms with Crippen LogP contribution in [0.25, 0.3) is 22.3 Å². The molecule has 0 saturated carbocycles. The molecule has 4 aromatic rings. The van der Waals surface area contributed by atoms with Crippen LogP contribution in [-0.2, 0) is 13.0 Å². The van der Waals surface area contributed by atoms with Crippen LogP contribution in [0.3, 0.4) is 0 Å². The third-order valence-corrected chi connectivity index (χ3v) is 6.15. The van der Waals surface area contributed by atoms with E-state index in [1.165, 1.54) is 18.2 Å². The van der Waals surface area contributed by atoms with E-state index in [0.717, 1.165) is 12.8 Å². The Morgan fingerprint density at radius 2 is 1.71 bits per heavy atom. The largest absolute Gasteiger partial charge is 0.328 e. The third kappa shape index (κ3) is 5.04. The second kappa shape index (κ2) is 10.4. The first kappa shape index (κ1) is 24.0. The molecule has 176 valence electrons. The topological polar surface area (TPSA) is 58.7 Å². The Morgan fingerprint density at radius 3 is 2.40 bits per heavy atom. The van der Waals surface area contributed by atoms with E-state index in [4.69, 9.17) is 0 Å². The molecule has 4 nitrogen and oxygen atoms in total. The van der Waals surface area contributed by atoms with Crippen molar-refractivity contribution in [3.05, 3.63) is 111 Å². The van der Waals surface area contributed by atoms with Crippen LogP contribution in [0.1, 0.15) is 42.4 Å². The van der Waals surface area contributed by atoms with Gasteiger partial charge in [-0.2, -0.15) is 10.2 Å². The number of benzene rings is 3. The lowest BCUT2D eigenvalue weighted by Gasteiger charge is -2.19. The number of nitriles is 1. The van der Waals surface area contributed by atoms with Crippen LogP contribution in [0, 0.1) is 29.9 Å². The number of hydrogen-bond acceptors (Lipinski definition) is 3. The van der Waals surface area contributed by atoms with Crippen LogP contribution < -0.4 is 5.56 Å². The minimum Gasteiger partial charge on any atom is -0.328 e. The maximum Gasteiger partial charge on any atom is 0.281 e. The number of aromatic nitrogens is 2. The van der Waals surface area contributed by atoms with Gasteiger partial charge in [0.2, 0.25) is 0 Å². The molecule has 0 atom stereocenters. The molecule has 0 amide bonds. The second-order valence-corrected chi connectivity index (χ2v) is 8.45. The Morgan fingerprint density at radius 1 is 1.00 bits per heavy atom. The van der Waals surface area contributed by atoms with E-state index in [9.17, 15) is 14.4 Å². The number of rotatable bonds is 7. The van der Waals surface area contributed by atoms with Crippen molar-refractivity contribution in [1.82, 2.24) is 9.55 Å². The summed E-state index contributed by atoms with van der Waals surface area (Å²) in [4.78, 5) is 17.3. The minimum absolute atomic E-state index is 0.193. The van der Waals surface area contributed by atoms with Gasteiger partial charge >= 0.3 is 0 Å². The lowest BCUT2D eigenvalue weighted by atomic mass is 9.99. The molecule has 0 spiro atoms. The summed E-state index contributed by atoms with van der Waals surface area (Å²) in [5, 5.41) is 9.39. The zero-order valence-electron chi connectivity index (χ0n) is 19.7. The molecule has 1 heterocycles. The Bertz CT molecular complexity index is 1470. The Balaban J connectivity index is 1.79. The van der Waals surface area contributed by atoms with Crippen molar-refractivity contribution in [2.24, 2.45) is 0 Å². The smallest absolute Gasteiger partial charge is 0.281 e. The van der Waals surface area contributed by atoms with Crippen molar-refractivity contribution in [1.29, 1.82) is 5.26 Å². The molecule has 4 rings (SSSR count). The molecule has 0 radical (unpaired) electrons. The van der Waals surface area contributed by atoms with Crippen molar-refractivity contribution in [2.45, 2.75) is 39.7 Å². The van der Waals surface area contributed by atoms with Crippen molar-refractivity contribution >= 4 is 0 Å². The Hall–Kier alpha value is -4.11. The first-order chi connectivity index (χ1) is 16.9. The molecule has 0 N–H and O–H groups in total. The molecule has 35 heavy (non-hydrogen) atoms. The molecule has 0 aliphatic rings. The molecule has 0 saturated heterocycles. The summed E-state index contributed by atoms with van der Waals surface area (Å²) in [6.07, 6.45) is 2.36. The quantitative estimate of drug-likeness (QED) is 0.314.